The Morgan fingerprint density at radius 2 is 0.489 bits per heavy atom. The van der Waals surface area contributed by atoms with Gasteiger partial charge in [0.05, 0.1) is 26.4 Å². The maximum absolute atomic E-state index is 13.1. The van der Waals surface area contributed by atoms with Crippen LogP contribution in [0.2, 0.25) is 0 Å². The highest BCUT2D eigenvalue weighted by molar-refractivity contribution is 7.47. The van der Waals surface area contributed by atoms with Crippen molar-refractivity contribution in [3.8, 4) is 0 Å². The molecule has 0 aromatic heterocycles. The summed E-state index contributed by atoms with van der Waals surface area (Å²) in [7, 11) is -9.91. The van der Waals surface area contributed by atoms with Crippen LogP contribution in [0.5, 0.6) is 0 Å². The Morgan fingerprint density at radius 1 is 0.287 bits per heavy atom. The van der Waals surface area contributed by atoms with E-state index in [1.807, 2.05) is 0 Å². The van der Waals surface area contributed by atoms with E-state index in [-0.39, 0.29) is 25.7 Å². The van der Waals surface area contributed by atoms with Crippen molar-refractivity contribution in [2.24, 2.45) is 17.8 Å². The summed E-state index contributed by atoms with van der Waals surface area (Å²) in [5.41, 5.74) is 0. The van der Waals surface area contributed by atoms with Gasteiger partial charge in [0.25, 0.3) is 0 Å². The van der Waals surface area contributed by atoms with Gasteiger partial charge in [-0.15, -0.1) is 0 Å². The zero-order chi connectivity index (χ0) is 69.4. The predicted octanol–water partition coefficient (Wildman–Crippen LogP) is 21.8. The van der Waals surface area contributed by atoms with Gasteiger partial charge in [0.2, 0.25) is 0 Å². The van der Waals surface area contributed by atoms with Gasteiger partial charge in [0.1, 0.15) is 19.3 Å². The number of ether oxygens (including phenoxy) is 4. The van der Waals surface area contributed by atoms with Crippen molar-refractivity contribution >= 4 is 39.5 Å². The van der Waals surface area contributed by atoms with Gasteiger partial charge >= 0.3 is 39.5 Å². The highest BCUT2D eigenvalue weighted by Crippen LogP contribution is 2.45. The quantitative estimate of drug-likeness (QED) is 0.0222. The highest BCUT2D eigenvalue weighted by Gasteiger charge is 2.30. The predicted molar refractivity (Wildman–Crippen MR) is 381 cm³/mol. The molecule has 0 radical (unpaired) electrons. The van der Waals surface area contributed by atoms with Crippen LogP contribution < -0.4 is 0 Å². The number of carbonyl (C=O) groups is 4. The number of carbonyl (C=O) groups excluding carboxylic acids is 4. The standard InChI is InChI=1S/C75H146O17P2/c1-8-9-10-11-12-13-14-15-16-17-18-19-20-21-29-36-44-51-58-74(79)91-70(62-85-72(77)56-49-42-35-28-24-22-26-32-39-46-53-66(2)3)64-89-93(81,82)87-60-69(76)61-88-94(83,84)90-65-71(63-86-73(78)57-50-43-38-31-34-41-48-55-68(6)7)92-75(80)59-52-45-37-30-25-23-27-33-40-47-54-67(4)5/h66-71,76H,8-65H2,1-7H3,(H,81,82)(H,83,84)/t69-,70-,71-/m1/s1. The van der Waals surface area contributed by atoms with E-state index in [1.54, 1.807) is 0 Å². The molecule has 5 atom stereocenters. The molecule has 19 heteroatoms. The van der Waals surface area contributed by atoms with Crippen LogP contribution in [0, 0.1) is 17.8 Å². The number of unbranched alkanes of at least 4 members (excludes halogenated alkanes) is 41. The fourth-order valence-corrected chi connectivity index (χ4v) is 13.0. The van der Waals surface area contributed by atoms with Crippen LogP contribution in [-0.4, -0.2) is 96.7 Å². The second kappa shape index (κ2) is 65.7. The maximum Gasteiger partial charge on any atom is 0.472 e. The molecular weight excluding hydrogens is 1230 g/mol. The largest absolute Gasteiger partial charge is 0.472 e. The number of hydrogen-bond acceptors (Lipinski definition) is 15. The van der Waals surface area contributed by atoms with E-state index >= 15 is 0 Å². The molecule has 3 N–H and O–H groups in total. The van der Waals surface area contributed by atoms with Gasteiger partial charge in [-0.25, -0.2) is 9.13 Å². The molecular formula is C75H146O17P2. The van der Waals surface area contributed by atoms with E-state index < -0.39 is 97.5 Å². The molecule has 0 heterocycles. The van der Waals surface area contributed by atoms with Crippen molar-refractivity contribution in [2.75, 3.05) is 39.6 Å². The lowest BCUT2D eigenvalue weighted by molar-refractivity contribution is -0.161. The number of phosphoric acid groups is 2. The van der Waals surface area contributed by atoms with Gasteiger partial charge in [-0.2, -0.15) is 0 Å². The second-order valence-electron chi connectivity index (χ2n) is 28.5. The Hall–Kier alpha value is -1.94. The third-order valence-corrected chi connectivity index (χ3v) is 19.3. The summed E-state index contributed by atoms with van der Waals surface area (Å²) in [6.07, 6.45) is 51.4. The van der Waals surface area contributed by atoms with E-state index in [0.717, 1.165) is 108 Å². The van der Waals surface area contributed by atoms with Crippen LogP contribution in [0.25, 0.3) is 0 Å². The van der Waals surface area contributed by atoms with Gasteiger partial charge < -0.3 is 33.8 Å². The summed E-state index contributed by atoms with van der Waals surface area (Å²) >= 11 is 0. The molecule has 0 aromatic carbocycles. The third-order valence-electron chi connectivity index (χ3n) is 17.4. The first kappa shape index (κ1) is 92.1. The number of phosphoric ester groups is 2. The first-order valence-corrected chi connectivity index (χ1v) is 41.8. The summed E-state index contributed by atoms with van der Waals surface area (Å²) in [5.74, 6) is 0.0953. The smallest absolute Gasteiger partial charge is 0.462 e. The van der Waals surface area contributed by atoms with Crippen LogP contribution in [0.15, 0.2) is 0 Å². The molecule has 0 saturated heterocycles. The number of aliphatic hydroxyl groups is 1. The topological polar surface area (TPSA) is 237 Å². The van der Waals surface area contributed by atoms with Crippen molar-refractivity contribution in [3.05, 3.63) is 0 Å². The number of rotatable bonds is 73. The van der Waals surface area contributed by atoms with E-state index in [4.69, 9.17) is 37.0 Å². The zero-order valence-corrected chi connectivity index (χ0v) is 63.2. The summed E-state index contributed by atoms with van der Waals surface area (Å²) in [6.45, 7) is 11.8. The first-order chi connectivity index (χ1) is 45.2. The molecule has 0 aliphatic carbocycles. The lowest BCUT2D eigenvalue weighted by Gasteiger charge is -2.21. The molecule has 0 aromatic rings. The van der Waals surface area contributed by atoms with Crippen LogP contribution in [0.1, 0.15) is 382 Å². The van der Waals surface area contributed by atoms with Gasteiger partial charge in [0.15, 0.2) is 12.2 Å². The number of hydrogen-bond donors (Lipinski definition) is 3. The van der Waals surface area contributed by atoms with Crippen molar-refractivity contribution in [2.45, 2.75) is 401 Å². The van der Waals surface area contributed by atoms with Crippen LogP contribution in [-0.2, 0) is 65.4 Å². The Kier molecular flexibility index (Phi) is 64.3. The molecule has 0 aliphatic heterocycles. The monoisotopic (exact) mass is 1380 g/mol. The van der Waals surface area contributed by atoms with Crippen molar-refractivity contribution in [1.29, 1.82) is 0 Å². The van der Waals surface area contributed by atoms with E-state index in [1.165, 1.54) is 186 Å². The molecule has 0 amide bonds. The van der Waals surface area contributed by atoms with Gasteiger partial charge in [-0.3, -0.25) is 37.3 Å². The average Bonchev–Trinajstić information content (AvgIpc) is 1.43. The lowest BCUT2D eigenvalue weighted by atomic mass is 10.0. The first-order valence-electron chi connectivity index (χ1n) is 38.8. The van der Waals surface area contributed by atoms with Crippen molar-refractivity contribution in [1.82, 2.24) is 0 Å². The molecule has 0 fully saturated rings. The summed E-state index contributed by atoms with van der Waals surface area (Å²) < 4.78 is 68.5. The molecule has 0 rings (SSSR count). The summed E-state index contributed by atoms with van der Waals surface area (Å²) in [6, 6.07) is 0. The SMILES string of the molecule is CCCCCCCCCCCCCCCCCCCCC(=O)O[C@H](COC(=O)CCCCCCCCCCCCC(C)C)COP(=O)(O)OC[C@@H](O)COP(=O)(O)OC[C@@H](COC(=O)CCCCCCCCCC(C)C)OC(=O)CCCCCCCCCCCCC(C)C. The van der Waals surface area contributed by atoms with Gasteiger partial charge in [-0.1, -0.05) is 331 Å². The molecule has 17 nitrogen and oxygen atoms in total. The molecule has 558 valence electrons. The minimum atomic E-state index is -4.96. The Balaban J connectivity index is 5.24. The zero-order valence-electron chi connectivity index (χ0n) is 61.4. The molecule has 94 heavy (non-hydrogen) atoms. The van der Waals surface area contributed by atoms with E-state index in [9.17, 15) is 43.2 Å². The lowest BCUT2D eigenvalue weighted by Crippen LogP contribution is -2.30. The Labute approximate surface area is 575 Å². The number of esters is 4. The van der Waals surface area contributed by atoms with Crippen LogP contribution in [0.4, 0.5) is 0 Å². The highest BCUT2D eigenvalue weighted by atomic mass is 31.2. The minimum absolute atomic E-state index is 0.105. The Morgan fingerprint density at radius 3 is 0.723 bits per heavy atom. The van der Waals surface area contributed by atoms with Crippen molar-refractivity contribution < 1.29 is 80.2 Å². The molecule has 2 unspecified atom stereocenters. The third kappa shape index (κ3) is 68.6. The van der Waals surface area contributed by atoms with E-state index in [0.29, 0.717) is 31.6 Å². The molecule has 0 aliphatic rings. The van der Waals surface area contributed by atoms with Gasteiger partial charge in [-0.05, 0) is 43.4 Å². The Bertz CT molecular complexity index is 1840. The fraction of sp³-hybridized carbons (Fsp3) is 0.947. The minimum Gasteiger partial charge on any atom is -0.462 e. The molecule has 0 saturated carbocycles. The summed E-state index contributed by atoms with van der Waals surface area (Å²) in [4.78, 5) is 72.8. The van der Waals surface area contributed by atoms with Crippen molar-refractivity contribution in [3.63, 3.8) is 0 Å². The van der Waals surface area contributed by atoms with E-state index in [2.05, 4.69) is 48.5 Å². The second-order valence-corrected chi connectivity index (χ2v) is 31.4. The molecule has 0 spiro atoms. The average molecular weight is 1380 g/mol. The van der Waals surface area contributed by atoms with Crippen LogP contribution in [0.3, 0.4) is 0 Å². The fourth-order valence-electron chi connectivity index (χ4n) is 11.4. The summed E-state index contributed by atoms with van der Waals surface area (Å²) in [5, 5.41) is 10.6. The normalized spacial score (nSPS) is 14.1. The van der Waals surface area contributed by atoms with Crippen LogP contribution >= 0.6 is 15.6 Å². The van der Waals surface area contributed by atoms with Gasteiger partial charge in [0, 0.05) is 25.7 Å². The number of aliphatic hydroxyl groups excluding tert-OH is 1. The molecule has 0 bridgehead atoms. The maximum atomic E-state index is 13.1.